The Hall–Kier alpha value is -4.00. The molecule has 2 aromatic carbocycles. The quantitative estimate of drug-likeness (QED) is 0.404. The number of fused-ring (bicyclic) bond motifs is 1. The summed E-state index contributed by atoms with van der Waals surface area (Å²) in [5.74, 6) is -2.38. The minimum atomic E-state index is -5.08. The number of carboxylic acids is 2. The number of carbonyl (C=O) groups excluding carboxylic acids is 1. The summed E-state index contributed by atoms with van der Waals surface area (Å²) in [4.78, 5) is 35.4. The van der Waals surface area contributed by atoms with Crippen molar-refractivity contribution in [1.82, 2.24) is 10.2 Å². The summed E-state index contributed by atoms with van der Waals surface area (Å²) in [5, 5.41) is 22.2. The zero-order valence-corrected chi connectivity index (χ0v) is 22.2. The maximum absolute atomic E-state index is 12.7. The number of likely N-dealkylation sites (tertiary alicyclic amines) is 1. The van der Waals surface area contributed by atoms with Crippen LogP contribution in [0.3, 0.4) is 0 Å². The van der Waals surface area contributed by atoms with E-state index in [0.29, 0.717) is 5.75 Å². The summed E-state index contributed by atoms with van der Waals surface area (Å²) in [6.07, 6.45) is -1.44. The first kappa shape index (κ1) is 30.5. The molecular weight excluding hydrogens is 535 g/mol. The van der Waals surface area contributed by atoms with Gasteiger partial charge in [0.2, 0.25) is 0 Å². The monoisotopic (exact) mass is 567 g/mol. The number of aromatic carboxylic acids is 1. The third-order valence-corrected chi connectivity index (χ3v) is 7.47. The molecule has 2 amide bonds. The van der Waals surface area contributed by atoms with Crippen LogP contribution in [-0.4, -0.2) is 79.2 Å². The second kappa shape index (κ2) is 12.5. The number of benzene rings is 2. The van der Waals surface area contributed by atoms with Crippen LogP contribution in [0.5, 0.6) is 11.5 Å². The second-order valence-corrected chi connectivity index (χ2v) is 9.70. The second-order valence-electron chi connectivity index (χ2n) is 9.70. The van der Waals surface area contributed by atoms with E-state index in [9.17, 15) is 27.9 Å². The Morgan fingerprint density at radius 3 is 2.27 bits per heavy atom. The Morgan fingerprint density at radius 1 is 1.02 bits per heavy atom. The number of alkyl halides is 3. The van der Waals surface area contributed by atoms with Gasteiger partial charge in [0.25, 0.3) is 0 Å². The van der Waals surface area contributed by atoms with Gasteiger partial charge in [-0.3, -0.25) is 0 Å². The number of carboxylic acid groups (broad SMARTS) is 2. The number of halogens is 3. The van der Waals surface area contributed by atoms with Crippen molar-refractivity contribution in [3.05, 3.63) is 53.6 Å². The summed E-state index contributed by atoms with van der Waals surface area (Å²) in [5.41, 5.74) is 1.60. The van der Waals surface area contributed by atoms with Gasteiger partial charge in [-0.2, -0.15) is 13.2 Å². The molecule has 1 aliphatic carbocycles. The van der Waals surface area contributed by atoms with Crippen LogP contribution < -0.4 is 20.1 Å². The third kappa shape index (κ3) is 6.76. The molecule has 4 rings (SSSR count). The SMILES string of the molecule is COc1ccc([C@@]23CC[C@@H](NC(=O)Nc4ccccc4C(=O)O)C[C@@H]2N(C)CC3)cc1OC.O=C(O)C(F)(F)F. The molecule has 40 heavy (non-hydrogen) atoms. The minimum absolute atomic E-state index is 0.000749. The first-order valence-corrected chi connectivity index (χ1v) is 12.4. The first-order valence-electron chi connectivity index (χ1n) is 12.4. The highest BCUT2D eigenvalue weighted by Gasteiger charge is 2.50. The van der Waals surface area contributed by atoms with Gasteiger partial charge in [0.05, 0.1) is 25.5 Å². The van der Waals surface area contributed by atoms with Gasteiger partial charge in [0, 0.05) is 17.5 Å². The summed E-state index contributed by atoms with van der Waals surface area (Å²) in [6, 6.07) is 12.5. The zero-order valence-electron chi connectivity index (χ0n) is 22.2. The maximum atomic E-state index is 12.7. The molecule has 13 heteroatoms. The maximum Gasteiger partial charge on any atom is 0.490 e. The number of aliphatic carboxylic acids is 1. The molecule has 2 aliphatic rings. The fourth-order valence-corrected chi connectivity index (χ4v) is 5.52. The number of nitrogens with zero attached hydrogens (tertiary/aromatic N) is 1. The van der Waals surface area contributed by atoms with E-state index in [-0.39, 0.29) is 34.8 Å². The number of para-hydroxylation sites is 1. The standard InChI is InChI=1S/C25H31N3O5.C2HF3O2/c1-28-13-12-25(16-8-9-20(32-2)21(14-16)33-3)11-10-17(15-22(25)28)26-24(31)27-19-7-5-4-6-18(19)23(29)30;3-2(4,5)1(6)7/h4-9,14,17,22H,10-13,15H2,1-3H3,(H,29,30)(H2,26,27,31);(H,6,7)/t17-,22+,25+;/m1./s1. The molecule has 218 valence electrons. The van der Waals surface area contributed by atoms with E-state index >= 15 is 0 Å². The van der Waals surface area contributed by atoms with Crippen molar-refractivity contribution in [3.63, 3.8) is 0 Å². The molecular formula is C27H32F3N3O7. The van der Waals surface area contributed by atoms with Crippen LogP contribution in [0.4, 0.5) is 23.7 Å². The lowest BCUT2D eigenvalue weighted by molar-refractivity contribution is -0.192. The third-order valence-electron chi connectivity index (χ3n) is 7.47. The topological polar surface area (TPSA) is 137 Å². The molecule has 0 spiro atoms. The van der Waals surface area contributed by atoms with E-state index in [0.717, 1.165) is 38.0 Å². The number of ether oxygens (including phenoxy) is 2. The molecule has 1 heterocycles. The summed E-state index contributed by atoms with van der Waals surface area (Å²) in [7, 11) is 5.43. The van der Waals surface area contributed by atoms with Crippen LogP contribution >= 0.6 is 0 Å². The molecule has 1 saturated carbocycles. The van der Waals surface area contributed by atoms with E-state index in [2.05, 4.69) is 34.7 Å². The van der Waals surface area contributed by atoms with Gasteiger partial charge in [-0.25, -0.2) is 14.4 Å². The van der Waals surface area contributed by atoms with Crippen molar-refractivity contribution >= 4 is 23.7 Å². The number of amides is 2. The molecule has 0 bridgehead atoms. The van der Waals surface area contributed by atoms with Crippen LogP contribution in [0.25, 0.3) is 0 Å². The van der Waals surface area contributed by atoms with Crippen LogP contribution in [0, 0.1) is 0 Å². The Kier molecular flexibility index (Phi) is 9.51. The lowest BCUT2D eigenvalue weighted by atomic mass is 9.65. The number of likely N-dealkylation sites (N-methyl/N-ethyl adjacent to an activating group) is 1. The number of hydrogen-bond donors (Lipinski definition) is 4. The number of carbonyl (C=O) groups is 3. The number of methoxy groups -OCH3 is 2. The van der Waals surface area contributed by atoms with Gasteiger partial charge >= 0.3 is 24.1 Å². The van der Waals surface area contributed by atoms with Crippen molar-refractivity contribution in [3.8, 4) is 11.5 Å². The number of nitrogens with one attached hydrogen (secondary N) is 2. The highest BCUT2D eigenvalue weighted by Crippen LogP contribution is 2.49. The normalized spacial score (nSPS) is 22.2. The van der Waals surface area contributed by atoms with Crippen molar-refractivity contribution in [2.45, 2.75) is 49.4 Å². The molecule has 0 radical (unpaired) electrons. The molecule has 3 atom stereocenters. The van der Waals surface area contributed by atoms with Gasteiger partial charge in [0.15, 0.2) is 11.5 Å². The van der Waals surface area contributed by atoms with Crippen molar-refractivity contribution < 1.29 is 47.2 Å². The summed E-state index contributed by atoms with van der Waals surface area (Å²) in [6.45, 7) is 0.990. The Bertz CT molecular complexity index is 1240. The van der Waals surface area contributed by atoms with E-state index < -0.39 is 18.1 Å². The van der Waals surface area contributed by atoms with Gasteiger partial charge in [-0.05, 0) is 69.1 Å². The minimum Gasteiger partial charge on any atom is -0.493 e. The molecule has 1 aliphatic heterocycles. The molecule has 10 nitrogen and oxygen atoms in total. The van der Waals surface area contributed by atoms with Gasteiger partial charge in [0.1, 0.15) is 0 Å². The molecule has 0 aromatic heterocycles. The molecule has 1 saturated heterocycles. The fraction of sp³-hybridized carbons (Fsp3) is 0.444. The number of hydrogen-bond acceptors (Lipinski definition) is 6. The van der Waals surface area contributed by atoms with Crippen LogP contribution in [0.15, 0.2) is 42.5 Å². The fourth-order valence-electron chi connectivity index (χ4n) is 5.52. The smallest absolute Gasteiger partial charge is 0.490 e. The highest BCUT2D eigenvalue weighted by molar-refractivity contribution is 6.00. The summed E-state index contributed by atoms with van der Waals surface area (Å²) < 4.78 is 42.7. The van der Waals surface area contributed by atoms with Gasteiger partial charge < -0.3 is 35.2 Å². The number of urea groups is 1. The average Bonchev–Trinajstić information content (AvgIpc) is 3.25. The predicted molar refractivity (Wildman–Crippen MR) is 139 cm³/mol. The molecule has 4 N–H and O–H groups in total. The molecule has 2 aromatic rings. The van der Waals surface area contributed by atoms with E-state index in [1.165, 1.54) is 11.6 Å². The van der Waals surface area contributed by atoms with E-state index in [1.54, 1.807) is 32.4 Å². The van der Waals surface area contributed by atoms with Crippen LogP contribution in [0.2, 0.25) is 0 Å². The van der Waals surface area contributed by atoms with Gasteiger partial charge in [-0.15, -0.1) is 0 Å². The average molecular weight is 568 g/mol. The lowest BCUT2D eigenvalue weighted by Gasteiger charge is -2.45. The van der Waals surface area contributed by atoms with Crippen LogP contribution in [-0.2, 0) is 10.2 Å². The Labute approximate surface area is 229 Å². The Balaban J connectivity index is 0.000000559. The molecule has 2 fully saturated rings. The van der Waals surface area contributed by atoms with Gasteiger partial charge in [-0.1, -0.05) is 18.2 Å². The van der Waals surface area contributed by atoms with E-state index in [1.807, 2.05) is 6.07 Å². The van der Waals surface area contributed by atoms with E-state index in [4.69, 9.17) is 19.4 Å². The zero-order chi connectivity index (χ0) is 29.7. The van der Waals surface area contributed by atoms with Crippen molar-refractivity contribution in [1.29, 1.82) is 0 Å². The highest BCUT2D eigenvalue weighted by atomic mass is 19.4. The largest absolute Gasteiger partial charge is 0.493 e. The summed E-state index contributed by atoms with van der Waals surface area (Å²) >= 11 is 0. The van der Waals surface area contributed by atoms with Crippen molar-refractivity contribution in [2.24, 2.45) is 0 Å². The lowest BCUT2D eigenvalue weighted by Crippen LogP contribution is -2.52. The van der Waals surface area contributed by atoms with Crippen LogP contribution in [0.1, 0.15) is 41.6 Å². The number of rotatable bonds is 6. The van der Waals surface area contributed by atoms with Crippen molar-refractivity contribution in [2.75, 3.05) is 33.1 Å². The Morgan fingerprint density at radius 2 is 1.68 bits per heavy atom. The number of anilines is 1. The molecule has 0 unspecified atom stereocenters. The first-order chi connectivity index (χ1) is 18.8. The predicted octanol–water partition coefficient (Wildman–Crippen LogP) is 4.35.